The van der Waals surface area contributed by atoms with Crippen LogP contribution in [0.25, 0.3) is 0 Å². The zero-order valence-corrected chi connectivity index (χ0v) is 14.9. The summed E-state index contributed by atoms with van der Waals surface area (Å²) in [4.78, 5) is 29.5. The zero-order chi connectivity index (χ0) is 17.9. The van der Waals surface area contributed by atoms with E-state index < -0.39 is 0 Å². The van der Waals surface area contributed by atoms with Crippen LogP contribution in [0.4, 0.5) is 0 Å². The third-order valence-electron chi connectivity index (χ3n) is 5.46. The van der Waals surface area contributed by atoms with E-state index in [0.29, 0.717) is 18.2 Å². The van der Waals surface area contributed by atoms with Gasteiger partial charge in [-0.2, -0.15) is 0 Å². The van der Waals surface area contributed by atoms with Gasteiger partial charge in [-0.1, -0.05) is 0 Å². The molecule has 7 nitrogen and oxygen atoms in total. The lowest BCUT2D eigenvalue weighted by Gasteiger charge is -2.40. The molecular formula is C19H23N5O2. The van der Waals surface area contributed by atoms with Crippen molar-refractivity contribution in [3.8, 4) is 0 Å². The van der Waals surface area contributed by atoms with Gasteiger partial charge in [0.05, 0.1) is 12.1 Å². The third kappa shape index (κ3) is 3.32. The van der Waals surface area contributed by atoms with Gasteiger partial charge in [-0.25, -0.2) is 9.97 Å². The predicted molar refractivity (Wildman–Crippen MR) is 95.3 cm³/mol. The first kappa shape index (κ1) is 17.1. The molecule has 0 aliphatic carbocycles. The number of fused-ring (bicyclic) bond motifs is 1. The van der Waals surface area contributed by atoms with E-state index in [1.165, 1.54) is 11.9 Å². The zero-order valence-electron chi connectivity index (χ0n) is 14.9. The number of ether oxygens (including phenoxy) is 1. The van der Waals surface area contributed by atoms with Gasteiger partial charge >= 0.3 is 0 Å². The maximum absolute atomic E-state index is 13.0. The van der Waals surface area contributed by atoms with Crippen LogP contribution in [-0.2, 0) is 11.3 Å². The molecule has 0 bridgehead atoms. The molecule has 7 heteroatoms. The Labute approximate surface area is 153 Å². The Kier molecular flexibility index (Phi) is 4.90. The summed E-state index contributed by atoms with van der Waals surface area (Å²) < 4.78 is 5.74. The van der Waals surface area contributed by atoms with Crippen LogP contribution >= 0.6 is 0 Å². The average Bonchev–Trinajstić information content (AvgIpc) is 3.11. The number of pyridine rings is 1. The van der Waals surface area contributed by atoms with Gasteiger partial charge < -0.3 is 9.64 Å². The Bertz CT molecular complexity index is 742. The first-order chi connectivity index (χ1) is 12.8. The fourth-order valence-corrected chi connectivity index (χ4v) is 4.22. The first-order valence-corrected chi connectivity index (χ1v) is 8.97. The van der Waals surface area contributed by atoms with Crippen molar-refractivity contribution < 1.29 is 9.53 Å². The fourth-order valence-electron chi connectivity index (χ4n) is 4.22. The third-order valence-corrected chi connectivity index (χ3v) is 5.46. The van der Waals surface area contributed by atoms with Gasteiger partial charge in [-0.05, 0) is 30.2 Å². The minimum Gasteiger partial charge on any atom is -0.381 e. The number of hydrogen-bond donors (Lipinski definition) is 0. The number of rotatable bonds is 4. The van der Waals surface area contributed by atoms with Crippen molar-refractivity contribution in [3.63, 3.8) is 0 Å². The standard InChI is InChI=1S/C19H23N5O2/c1-26-18-5-9-24(19(25)16-4-8-21-13-22-16)17-12-23(11-15(17)18)10-14-2-6-20-7-3-14/h2-4,6-8,13,15,17-18H,5,9-12H2,1H3/t15-,17+,18-/m0/s1. The summed E-state index contributed by atoms with van der Waals surface area (Å²) in [5.41, 5.74) is 1.70. The number of likely N-dealkylation sites (tertiary alicyclic amines) is 2. The Morgan fingerprint density at radius 2 is 2.00 bits per heavy atom. The van der Waals surface area contributed by atoms with Crippen molar-refractivity contribution in [2.45, 2.75) is 25.1 Å². The number of aromatic nitrogens is 3. The van der Waals surface area contributed by atoms with Gasteiger partial charge in [0.2, 0.25) is 0 Å². The summed E-state index contributed by atoms with van der Waals surface area (Å²) in [6.45, 7) is 3.34. The molecule has 0 aromatic carbocycles. The molecule has 0 spiro atoms. The summed E-state index contributed by atoms with van der Waals surface area (Å²) >= 11 is 0. The summed E-state index contributed by atoms with van der Waals surface area (Å²) in [5, 5.41) is 0. The smallest absolute Gasteiger partial charge is 0.272 e. The molecular weight excluding hydrogens is 330 g/mol. The number of piperidine rings is 1. The number of methoxy groups -OCH3 is 1. The van der Waals surface area contributed by atoms with Crippen molar-refractivity contribution in [1.82, 2.24) is 24.8 Å². The van der Waals surface area contributed by atoms with E-state index >= 15 is 0 Å². The van der Waals surface area contributed by atoms with Crippen LogP contribution in [0.2, 0.25) is 0 Å². The molecule has 2 fully saturated rings. The molecule has 0 N–H and O–H groups in total. The summed E-state index contributed by atoms with van der Waals surface area (Å²) in [6.07, 6.45) is 7.73. The number of carbonyl (C=O) groups excluding carboxylic acids is 1. The van der Waals surface area contributed by atoms with Gasteiger partial charge in [-0.3, -0.25) is 14.7 Å². The average molecular weight is 353 g/mol. The summed E-state index contributed by atoms with van der Waals surface area (Å²) in [6, 6.07) is 5.92. The van der Waals surface area contributed by atoms with Crippen LogP contribution in [-0.4, -0.2) is 69.5 Å². The topological polar surface area (TPSA) is 71.5 Å². The molecule has 136 valence electrons. The molecule has 2 aromatic heterocycles. The van der Waals surface area contributed by atoms with Crippen LogP contribution in [0.15, 0.2) is 43.1 Å². The lowest BCUT2D eigenvalue weighted by atomic mass is 9.88. The largest absolute Gasteiger partial charge is 0.381 e. The second-order valence-corrected chi connectivity index (χ2v) is 6.94. The van der Waals surface area contributed by atoms with Crippen LogP contribution in [0, 0.1) is 5.92 Å². The summed E-state index contributed by atoms with van der Waals surface area (Å²) in [5.74, 6) is 0.309. The molecule has 3 atom stereocenters. The summed E-state index contributed by atoms with van der Waals surface area (Å²) in [7, 11) is 1.77. The highest BCUT2D eigenvalue weighted by Crippen LogP contribution is 2.33. The maximum atomic E-state index is 13.0. The molecule has 4 rings (SSSR count). The molecule has 2 aliphatic rings. The van der Waals surface area contributed by atoms with E-state index in [1.54, 1.807) is 19.4 Å². The van der Waals surface area contributed by atoms with E-state index in [1.807, 2.05) is 29.4 Å². The lowest BCUT2D eigenvalue weighted by Crippen LogP contribution is -2.53. The van der Waals surface area contributed by atoms with E-state index in [4.69, 9.17) is 4.74 Å². The molecule has 2 aromatic rings. The van der Waals surface area contributed by atoms with E-state index in [0.717, 1.165) is 26.1 Å². The van der Waals surface area contributed by atoms with Crippen LogP contribution in [0.1, 0.15) is 22.5 Å². The minimum atomic E-state index is -0.0114. The second-order valence-electron chi connectivity index (χ2n) is 6.94. The maximum Gasteiger partial charge on any atom is 0.272 e. The lowest BCUT2D eigenvalue weighted by molar-refractivity contribution is -0.0158. The molecule has 0 saturated carbocycles. The van der Waals surface area contributed by atoms with Crippen LogP contribution in [0.3, 0.4) is 0 Å². The number of nitrogens with zero attached hydrogens (tertiary/aromatic N) is 5. The monoisotopic (exact) mass is 353 g/mol. The SMILES string of the molecule is CO[C@H]1CCN(C(=O)c2ccncn2)[C@@H]2CN(Cc3ccncc3)C[C@H]12. The Morgan fingerprint density at radius 3 is 2.73 bits per heavy atom. The van der Waals surface area contributed by atoms with Gasteiger partial charge in [0.15, 0.2) is 0 Å². The van der Waals surface area contributed by atoms with Gasteiger partial charge in [0, 0.05) is 57.8 Å². The molecule has 0 unspecified atom stereocenters. The Hall–Kier alpha value is -2.38. The Morgan fingerprint density at radius 1 is 1.19 bits per heavy atom. The van der Waals surface area contributed by atoms with Crippen molar-refractivity contribution >= 4 is 5.91 Å². The van der Waals surface area contributed by atoms with Crippen molar-refractivity contribution in [1.29, 1.82) is 0 Å². The number of carbonyl (C=O) groups is 1. The number of hydrogen-bond acceptors (Lipinski definition) is 6. The minimum absolute atomic E-state index is 0.0114. The van der Waals surface area contributed by atoms with Crippen molar-refractivity contribution in [2.75, 3.05) is 26.7 Å². The second kappa shape index (κ2) is 7.47. The van der Waals surface area contributed by atoms with E-state index in [2.05, 4.69) is 19.9 Å². The van der Waals surface area contributed by atoms with Crippen molar-refractivity contribution in [3.05, 3.63) is 54.4 Å². The van der Waals surface area contributed by atoms with E-state index in [-0.39, 0.29) is 18.1 Å². The van der Waals surface area contributed by atoms with Crippen LogP contribution in [0.5, 0.6) is 0 Å². The van der Waals surface area contributed by atoms with Gasteiger partial charge in [0.25, 0.3) is 5.91 Å². The molecule has 4 heterocycles. The molecule has 26 heavy (non-hydrogen) atoms. The highest BCUT2D eigenvalue weighted by Gasteiger charge is 2.46. The number of amides is 1. The van der Waals surface area contributed by atoms with Crippen molar-refractivity contribution in [2.24, 2.45) is 5.92 Å². The van der Waals surface area contributed by atoms with Gasteiger partial charge in [-0.15, -0.1) is 0 Å². The highest BCUT2D eigenvalue weighted by atomic mass is 16.5. The predicted octanol–water partition coefficient (Wildman–Crippen LogP) is 1.23. The molecule has 2 aliphatic heterocycles. The highest BCUT2D eigenvalue weighted by molar-refractivity contribution is 5.92. The van der Waals surface area contributed by atoms with Crippen LogP contribution < -0.4 is 0 Å². The quantitative estimate of drug-likeness (QED) is 0.823. The Balaban J connectivity index is 1.53. The first-order valence-electron chi connectivity index (χ1n) is 8.97. The normalized spacial score (nSPS) is 25.9. The molecule has 0 radical (unpaired) electrons. The van der Waals surface area contributed by atoms with Gasteiger partial charge in [0.1, 0.15) is 12.0 Å². The molecule has 2 saturated heterocycles. The molecule has 1 amide bonds. The van der Waals surface area contributed by atoms with E-state index in [9.17, 15) is 4.79 Å². The fraction of sp³-hybridized carbons (Fsp3) is 0.474.